The van der Waals surface area contributed by atoms with E-state index in [4.69, 9.17) is 11.6 Å². The first-order chi connectivity index (χ1) is 9.45. The van der Waals surface area contributed by atoms with Crippen LogP contribution in [0.5, 0.6) is 0 Å². The molecule has 1 N–H and O–H groups in total. The summed E-state index contributed by atoms with van der Waals surface area (Å²) >= 11 is 9.19. The molecule has 0 radical (unpaired) electrons. The first-order valence-electron chi connectivity index (χ1n) is 6.55. The molecule has 1 atom stereocenters. The molecule has 1 unspecified atom stereocenters. The minimum atomic E-state index is -3.44. The van der Waals surface area contributed by atoms with E-state index in [1.807, 2.05) is 7.05 Å². The summed E-state index contributed by atoms with van der Waals surface area (Å²) < 4.78 is 27.5. The van der Waals surface area contributed by atoms with Crippen LogP contribution in [0.15, 0.2) is 27.6 Å². The maximum atomic E-state index is 12.6. The molecule has 0 saturated carbocycles. The Kier molecular flexibility index (Phi) is 7.43. The lowest BCUT2D eigenvalue weighted by Gasteiger charge is -2.31. The summed E-state index contributed by atoms with van der Waals surface area (Å²) in [5, 5.41) is 3.63. The Morgan fingerprint density at radius 1 is 1.48 bits per heavy atom. The van der Waals surface area contributed by atoms with Crippen molar-refractivity contribution in [3.63, 3.8) is 0 Å². The van der Waals surface area contributed by atoms with Gasteiger partial charge < -0.3 is 5.32 Å². The van der Waals surface area contributed by atoms with Gasteiger partial charge in [-0.2, -0.15) is 4.31 Å². The van der Waals surface area contributed by atoms with Crippen LogP contribution in [0.4, 0.5) is 0 Å². The van der Waals surface area contributed by atoms with E-state index in [1.54, 1.807) is 22.5 Å². The minimum absolute atomic E-state index is 0. The van der Waals surface area contributed by atoms with Crippen LogP contribution < -0.4 is 5.32 Å². The normalized spacial score (nSPS) is 20.0. The standard InChI is InChI=1S/C13H18BrClN2O2S.ClH/c1-16-8-10-3-2-6-17(9-10)20(18,19)11-4-5-13(15)12(14)7-11;/h4-5,7,10,16H,2-3,6,8-9H2,1H3;1H. The third-order valence-corrected chi connectivity index (χ3v) is 6.58. The Labute approximate surface area is 145 Å². The van der Waals surface area contributed by atoms with Crippen molar-refractivity contribution in [1.82, 2.24) is 9.62 Å². The van der Waals surface area contributed by atoms with Gasteiger partial charge in [0.1, 0.15) is 0 Å². The van der Waals surface area contributed by atoms with E-state index in [2.05, 4.69) is 21.2 Å². The van der Waals surface area contributed by atoms with Crippen molar-refractivity contribution in [2.45, 2.75) is 17.7 Å². The summed E-state index contributed by atoms with van der Waals surface area (Å²) in [6.07, 6.45) is 1.97. The number of nitrogens with zero attached hydrogens (tertiary/aromatic N) is 1. The van der Waals surface area contributed by atoms with E-state index in [-0.39, 0.29) is 12.4 Å². The number of rotatable bonds is 4. The second kappa shape index (κ2) is 8.13. The highest BCUT2D eigenvalue weighted by atomic mass is 79.9. The summed E-state index contributed by atoms with van der Waals surface area (Å²) in [5.41, 5.74) is 0. The first kappa shape index (κ1) is 19.2. The van der Waals surface area contributed by atoms with Gasteiger partial charge in [-0.15, -0.1) is 12.4 Å². The van der Waals surface area contributed by atoms with Crippen LogP contribution in [-0.2, 0) is 10.0 Å². The predicted octanol–water partition coefficient (Wildman–Crippen LogP) is 3.14. The molecule has 0 bridgehead atoms. The fraction of sp³-hybridized carbons (Fsp3) is 0.538. The lowest BCUT2D eigenvalue weighted by molar-refractivity contribution is 0.263. The second-order valence-corrected chi connectivity index (χ2v) is 8.20. The third kappa shape index (κ3) is 4.56. The maximum absolute atomic E-state index is 12.6. The molecule has 21 heavy (non-hydrogen) atoms. The molecule has 1 aliphatic rings. The highest BCUT2D eigenvalue weighted by Crippen LogP contribution is 2.28. The van der Waals surface area contributed by atoms with Crippen molar-refractivity contribution in [1.29, 1.82) is 0 Å². The average Bonchev–Trinajstić information content (AvgIpc) is 2.42. The Hall–Kier alpha value is 0.150. The van der Waals surface area contributed by atoms with E-state index in [1.165, 1.54) is 0 Å². The monoisotopic (exact) mass is 416 g/mol. The Balaban J connectivity index is 0.00000220. The molecule has 4 nitrogen and oxygen atoms in total. The molecular weight excluding hydrogens is 399 g/mol. The Bertz CT molecular complexity index is 582. The SMILES string of the molecule is CNCC1CCCN(S(=O)(=O)c2ccc(Cl)c(Br)c2)C1.Cl. The van der Waals surface area contributed by atoms with Gasteiger partial charge in [-0.05, 0) is 66.5 Å². The van der Waals surface area contributed by atoms with Crippen molar-refractivity contribution in [2.24, 2.45) is 5.92 Å². The molecule has 0 spiro atoms. The van der Waals surface area contributed by atoms with Gasteiger partial charge in [0.05, 0.1) is 9.92 Å². The number of benzene rings is 1. The van der Waals surface area contributed by atoms with Crippen LogP contribution in [0.2, 0.25) is 5.02 Å². The fourth-order valence-electron chi connectivity index (χ4n) is 2.49. The quantitative estimate of drug-likeness (QED) is 0.818. The highest BCUT2D eigenvalue weighted by Gasteiger charge is 2.30. The van der Waals surface area contributed by atoms with Crippen molar-refractivity contribution < 1.29 is 8.42 Å². The Morgan fingerprint density at radius 2 is 2.19 bits per heavy atom. The van der Waals surface area contributed by atoms with E-state index < -0.39 is 10.0 Å². The molecule has 1 heterocycles. The molecule has 0 amide bonds. The molecule has 0 aromatic heterocycles. The van der Waals surface area contributed by atoms with Crippen molar-refractivity contribution in [3.05, 3.63) is 27.7 Å². The molecule has 1 aromatic carbocycles. The summed E-state index contributed by atoms with van der Waals surface area (Å²) in [7, 11) is -1.54. The summed E-state index contributed by atoms with van der Waals surface area (Å²) in [5.74, 6) is 0.374. The topological polar surface area (TPSA) is 49.4 Å². The van der Waals surface area contributed by atoms with Crippen molar-refractivity contribution >= 4 is 50.0 Å². The minimum Gasteiger partial charge on any atom is -0.319 e. The summed E-state index contributed by atoms with van der Waals surface area (Å²) in [4.78, 5) is 0.291. The van der Waals surface area contributed by atoms with Crippen LogP contribution in [0, 0.1) is 5.92 Å². The van der Waals surface area contributed by atoms with Gasteiger partial charge in [0.25, 0.3) is 0 Å². The average molecular weight is 418 g/mol. The largest absolute Gasteiger partial charge is 0.319 e. The van der Waals surface area contributed by atoms with Gasteiger partial charge in [0.15, 0.2) is 0 Å². The second-order valence-electron chi connectivity index (χ2n) is 5.00. The van der Waals surface area contributed by atoms with Crippen molar-refractivity contribution in [3.8, 4) is 0 Å². The van der Waals surface area contributed by atoms with Gasteiger partial charge in [0.2, 0.25) is 10.0 Å². The van der Waals surface area contributed by atoms with Crippen LogP contribution in [-0.4, -0.2) is 39.4 Å². The zero-order chi connectivity index (χ0) is 14.8. The number of piperidine rings is 1. The Morgan fingerprint density at radius 3 is 2.81 bits per heavy atom. The molecule has 2 rings (SSSR count). The third-order valence-electron chi connectivity index (χ3n) is 3.50. The van der Waals surface area contributed by atoms with Crippen LogP contribution in [0.1, 0.15) is 12.8 Å². The number of hydrogen-bond acceptors (Lipinski definition) is 3. The number of sulfonamides is 1. The fourth-order valence-corrected chi connectivity index (χ4v) is 4.72. The van der Waals surface area contributed by atoms with Gasteiger partial charge in [-0.25, -0.2) is 8.42 Å². The zero-order valence-corrected chi connectivity index (χ0v) is 15.7. The van der Waals surface area contributed by atoms with Gasteiger partial charge >= 0.3 is 0 Å². The van der Waals surface area contributed by atoms with E-state index in [0.29, 0.717) is 33.4 Å². The van der Waals surface area contributed by atoms with Gasteiger partial charge in [-0.3, -0.25) is 0 Å². The molecule has 0 aliphatic carbocycles. The number of hydrogen-bond donors (Lipinski definition) is 1. The predicted molar refractivity (Wildman–Crippen MR) is 91.8 cm³/mol. The molecule has 1 fully saturated rings. The first-order valence-corrected chi connectivity index (χ1v) is 9.16. The molecule has 1 aromatic rings. The lowest BCUT2D eigenvalue weighted by atomic mass is 10.00. The van der Waals surface area contributed by atoms with Gasteiger partial charge in [0, 0.05) is 17.6 Å². The summed E-state index contributed by atoms with van der Waals surface area (Å²) in [6.45, 7) is 2.00. The van der Waals surface area contributed by atoms with Gasteiger partial charge in [-0.1, -0.05) is 11.6 Å². The molecule has 8 heteroatoms. The van der Waals surface area contributed by atoms with E-state index in [0.717, 1.165) is 19.4 Å². The van der Waals surface area contributed by atoms with Crippen molar-refractivity contribution in [2.75, 3.05) is 26.7 Å². The molecular formula is C13H19BrCl2N2O2S. The van der Waals surface area contributed by atoms with E-state index >= 15 is 0 Å². The van der Waals surface area contributed by atoms with Crippen LogP contribution in [0.3, 0.4) is 0 Å². The molecule has 1 aliphatic heterocycles. The lowest BCUT2D eigenvalue weighted by Crippen LogP contribution is -2.42. The number of halogens is 3. The zero-order valence-electron chi connectivity index (χ0n) is 11.7. The van der Waals surface area contributed by atoms with Crippen LogP contribution >= 0.6 is 39.9 Å². The van der Waals surface area contributed by atoms with E-state index in [9.17, 15) is 8.42 Å². The number of nitrogens with one attached hydrogen (secondary N) is 1. The molecule has 1 saturated heterocycles. The molecule has 120 valence electrons. The summed E-state index contributed by atoms with van der Waals surface area (Å²) in [6, 6.07) is 4.73. The van der Waals surface area contributed by atoms with Crippen LogP contribution in [0.25, 0.3) is 0 Å². The smallest absolute Gasteiger partial charge is 0.243 e. The maximum Gasteiger partial charge on any atom is 0.243 e. The highest BCUT2D eigenvalue weighted by molar-refractivity contribution is 9.10.